The van der Waals surface area contributed by atoms with Crippen molar-refractivity contribution in [2.24, 2.45) is 5.10 Å². The van der Waals surface area contributed by atoms with E-state index in [4.69, 9.17) is 14.2 Å². The SMILES string of the molecule is COc1ccc(CCCC(=O)N/N=C\c2cc(OC)c(OC)cc2[N+](=O)[O-])c(C)c1. The number of carbonyl (C=O) groups is 1. The van der Waals surface area contributed by atoms with Gasteiger partial charge in [-0.1, -0.05) is 6.07 Å². The molecular weight excluding hydrogens is 390 g/mol. The standard InChI is InChI=1S/C21H25N3O6/c1-14-10-17(28-2)9-8-15(14)6-5-7-21(25)23-22-13-16-11-19(29-3)20(30-4)12-18(16)24(26)27/h8-13H,5-7H2,1-4H3,(H,23,25)/b22-13-. The van der Waals surface area contributed by atoms with Crippen LogP contribution in [-0.4, -0.2) is 38.4 Å². The highest BCUT2D eigenvalue weighted by Crippen LogP contribution is 2.33. The summed E-state index contributed by atoms with van der Waals surface area (Å²) >= 11 is 0. The predicted octanol–water partition coefficient (Wildman–Crippen LogP) is 3.40. The number of benzene rings is 2. The summed E-state index contributed by atoms with van der Waals surface area (Å²) in [4.78, 5) is 22.8. The van der Waals surface area contributed by atoms with Gasteiger partial charge < -0.3 is 14.2 Å². The first-order valence-electron chi connectivity index (χ1n) is 9.25. The molecule has 0 saturated heterocycles. The summed E-state index contributed by atoms with van der Waals surface area (Å²) < 4.78 is 15.4. The van der Waals surface area contributed by atoms with E-state index < -0.39 is 4.92 Å². The van der Waals surface area contributed by atoms with Crippen molar-refractivity contribution in [1.29, 1.82) is 0 Å². The van der Waals surface area contributed by atoms with Crippen LogP contribution in [0, 0.1) is 17.0 Å². The monoisotopic (exact) mass is 415 g/mol. The van der Waals surface area contributed by atoms with Crippen molar-refractivity contribution in [1.82, 2.24) is 5.43 Å². The van der Waals surface area contributed by atoms with E-state index in [-0.39, 0.29) is 29.3 Å². The molecule has 1 N–H and O–H groups in total. The van der Waals surface area contributed by atoms with Crippen LogP contribution in [0.1, 0.15) is 29.5 Å². The molecule has 2 aromatic rings. The zero-order valence-corrected chi connectivity index (χ0v) is 17.4. The van der Waals surface area contributed by atoms with E-state index in [2.05, 4.69) is 10.5 Å². The third-order valence-corrected chi connectivity index (χ3v) is 4.52. The Morgan fingerprint density at radius 2 is 1.83 bits per heavy atom. The van der Waals surface area contributed by atoms with Gasteiger partial charge in [-0.15, -0.1) is 0 Å². The topological polar surface area (TPSA) is 112 Å². The number of hydrogen-bond acceptors (Lipinski definition) is 7. The Kier molecular flexibility index (Phi) is 8.16. The third-order valence-electron chi connectivity index (χ3n) is 4.52. The molecule has 0 atom stereocenters. The number of nitro benzene ring substituents is 1. The number of aryl methyl sites for hydroxylation is 2. The smallest absolute Gasteiger partial charge is 0.282 e. The first-order valence-corrected chi connectivity index (χ1v) is 9.25. The third kappa shape index (κ3) is 5.94. The Bertz CT molecular complexity index is 943. The van der Waals surface area contributed by atoms with Crippen LogP contribution >= 0.6 is 0 Å². The van der Waals surface area contributed by atoms with Crippen molar-refractivity contribution in [2.75, 3.05) is 21.3 Å². The lowest BCUT2D eigenvalue weighted by atomic mass is 10.0. The van der Waals surface area contributed by atoms with Crippen molar-refractivity contribution in [3.63, 3.8) is 0 Å². The second-order valence-electron chi connectivity index (χ2n) is 6.46. The van der Waals surface area contributed by atoms with Crippen LogP contribution in [0.2, 0.25) is 0 Å². The van der Waals surface area contributed by atoms with Crippen LogP contribution in [0.5, 0.6) is 17.2 Å². The van der Waals surface area contributed by atoms with Gasteiger partial charge in [-0.3, -0.25) is 14.9 Å². The molecule has 0 spiro atoms. The first kappa shape index (κ1) is 22.7. The van der Waals surface area contributed by atoms with Gasteiger partial charge in [-0.25, -0.2) is 5.43 Å². The summed E-state index contributed by atoms with van der Waals surface area (Å²) in [6.07, 6.45) is 2.88. The molecule has 0 aliphatic carbocycles. The molecule has 30 heavy (non-hydrogen) atoms. The first-order chi connectivity index (χ1) is 14.4. The fraction of sp³-hybridized carbons (Fsp3) is 0.333. The van der Waals surface area contributed by atoms with Crippen LogP contribution < -0.4 is 19.6 Å². The zero-order valence-electron chi connectivity index (χ0n) is 17.4. The van der Waals surface area contributed by atoms with Gasteiger partial charge >= 0.3 is 0 Å². The Morgan fingerprint density at radius 1 is 1.13 bits per heavy atom. The zero-order chi connectivity index (χ0) is 22.1. The molecule has 0 radical (unpaired) electrons. The minimum atomic E-state index is -0.553. The normalized spacial score (nSPS) is 10.7. The molecule has 2 rings (SSSR count). The van der Waals surface area contributed by atoms with E-state index in [0.29, 0.717) is 12.2 Å². The van der Waals surface area contributed by atoms with Crippen molar-refractivity contribution >= 4 is 17.8 Å². The molecule has 2 aromatic carbocycles. The van der Waals surface area contributed by atoms with E-state index >= 15 is 0 Å². The van der Waals surface area contributed by atoms with Gasteiger partial charge in [0.25, 0.3) is 5.69 Å². The van der Waals surface area contributed by atoms with Gasteiger partial charge in [0.05, 0.1) is 44.1 Å². The fourth-order valence-corrected chi connectivity index (χ4v) is 2.89. The fourth-order valence-electron chi connectivity index (χ4n) is 2.89. The van der Waals surface area contributed by atoms with Gasteiger partial charge in [0.15, 0.2) is 11.5 Å². The molecular formula is C21H25N3O6. The Hall–Kier alpha value is -3.62. The predicted molar refractivity (Wildman–Crippen MR) is 113 cm³/mol. The lowest BCUT2D eigenvalue weighted by Crippen LogP contribution is -2.17. The number of nitrogens with zero attached hydrogens (tertiary/aromatic N) is 2. The Morgan fingerprint density at radius 3 is 2.43 bits per heavy atom. The maximum Gasteiger partial charge on any atom is 0.282 e. The average Bonchev–Trinajstić information content (AvgIpc) is 2.74. The summed E-state index contributed by atoms with van der Waals surface area (Å²) in [5, 5.41) is 15.1. The van der Waals surface area contributed by atoms with Crippen molar-refractivity contribution in [3.05, 3.63) is 57.1 Å². The van der Waals surface area contributed by atoms with E-state index in [1.165, 1.54) is 32.6 Å². The summed E-state index contributed by atoms with van der Waals surface area (Å²) in [7, 11) is 4.44. The number of carbonyl (C=O) groups excluding carboxylic acids is 1. The summed E-state index contributed by atoms with van der Waals surface area (Å²) in [5.74, 6) is 1.08. The van der Waals surface area contributed by atoms with Crippen molar-refractivity contribution < 1.29 is 23.9 Å². The maximum atomic E-state index is 12.0. The number of methoxy groups -OCH3 is 3. The number of amides is 1. The molecule has 0 heterocycles. The Balaban J connectivity index is 1.95. The molecule has 0 aliphatic rings. The number of hydrazone groups is 1. The Labute approximate surface area is 174 Å². The minimum absolute atomic E-state index is 0.187. The summed E-state index contributed by atoms with van der Waals surface area (Å²) in [5.41, 5.74) is 4.63. The molecule has 0 unspecified atom stereocenters. The number of nitrogens with one attached hydrogen (secondary N) is 1. The van der Waals surface area contributed by atoms with Gasteiger partial charge in [-0.2, -0.15) is 5.10 Å². The lowest BCUT2D eigenvalue weighted by molar-refractivity contribution is -0.385. The molecule has 9 nitrogen and oxygen atoms in total. The number of rotatable bonds is 10. The molecule has 0 fully saturated rings. The molecule has 0 saturated carbocycles. The van der Waals surface area contributed by atoms with Crippen LogP contribution in [0.25, 0.3) is 0 Å². The number of hydrogen-bond donors (Lipinski definition) is 1. The largest absolute Gasteiger partial charge is 0.497 e. The highest BCUT2D eigenvalue weighted by Gasteiger charge is 2.18. The minimum Gasteiger partial charge on any atom is -0.497 e. The van der Waals surface area contributed by atoms with Gasteiger partial charge in [0.1, 0.15) is 5.75 Å². The molecule has 0 aromatic heterocycles. The van der Waals surface area contributed by atoms with Gasteiger partial charge in [0.2, 0.25) is 5.91 Å². The maximum absolute atomic E-state index is 12.0. The van der Waals surface area contributed by atoms with E-state index in [9.17, 15) is 14.9 Å². The van der Waals surface area contributed by atoms with Crippen molar-refractivity contribution in [3.8, 4) is 17.2 Å². The van der Waals surface area contributed by atoms with E-state index in [1.54, 1.807) is 7.11 Å². The molecule has 9 heteroatoms. The lowest BCUT2D eigenvalue weighted by Gasteiger charge is -2.08. The number of nitro groups is 1. The molecule has 0 bridgehead atoms. The second kappa shape index (κ2) is 10.8. The quantitative estimate of drug-likeness (QED) is 0.362. The number of ether oxygens (including phenoxy) is 3. The van der Waals surface area contributed by atoms with Gasteiger partial charge in [-0.05, 0) is 49.1 Å². The molecule has 0 aliphatic heterocycles. The van der Waals surface area contributed by atoms with Gasteiger partial charge in [0, 0.05) is 6.42 Å². The second-order valence-corrected chi connectivity index (χ2v) is 6.46. The van der Waals surface area contributed by atoms with Crippen molar-refractivity contribution in [2.45, 2.75) is 26.2 Å². The van der Waals surface area contributed by atoms with Crippen LogP contribution in [0.4, 0.5) is 5.69 Å². The van der Waals surface area contributed by atoms with E-state index in [0.717, 1.165) is 23.3 Å². The highest BCUT2D eigenvalue weighted by atomic mass is 16.6. The summed E-state index contributed by atoms with van der Waals surface area (Å²) in [6.45, 7) is 2.00. The van der Waals surface area contributed by atoms with Crippen LogP contribution in [0.3, 0.4) is 0 Å². The highest BCUT2D eigenvalue weighted by molar-refractivity contribution is 5.88. The molecule has 1 amide bonds. The average molecular weight is 415 g/mol. The van der Waals surface area contributed by atoms with Crippen LogP contribution in [0.15, 0.2) is 35.4 Å². The van der Waals surface area contributed by atoms with E-state index in [1.807, 2.05) is 25.1 Å². The van der Waals surface area contributed by atoms with Crippen LogP contribution in [-0.2, 0) is 11.2 Å². The molecule has 160 valence electrons. The summed E-state index contributed by atoms with van der Waals surface area (Å²) in [6, 6.07) is 8.51.